The van der Waals surface area contributed by atoms with Crippen molar-refractivity contribution in [3.05, 3.63) is 29.3 Å². The zero-order valence-corrected chi connectivity index (χ0v) is 10.5. The zero-order valence-electron chi connectivity index (χ0n) is 10.5. The Morgan fingerprint density at radius 3 is 2.38 bits per heavy atom. The third kappa shape index (κ3) is 3.83. The van der Waals surface area contributed by atoms with Crippen LogP contribution in [0, 0.1) is 13.8 Å². The van der Waals surface area contributed by atoms with E-state index in [0.717, 1.165) is 18.8 Å². The lowest BCUT2D eigenvalue weighted by Crippen LogP contribution is -2.29. The molecule has 1 aromatic carbocycles. The second kappa shape index (κ2) is 6.51. The van der Waals surface area contributed by atoms with Crippen LogP contribution in [0.2, 0.25) is 0 Å². The number of hydrogen-bond donors (Lipinski definition) is 1. The van der Waals surface area contributed by atoms with Gasteiger partial charge in [-0.05, 0) is 32.0 Å². The summed E-state index contributed by atoms with van der Waals surface area (Å²) < 4.78 is 5.80. The van der Waals surface area contributed by atoms with Crippen LogP contribution in [0.1, 0.15) is 11.1 Å². The van der Waals surface area contributed by atoms with Crippen molar-refractivity contribution in [2.45, 2.75) is 13.8 Å². The van der Waals surface area contributed by atoms with E-state index in [1.807, 2.05) is 0 Å². The van der Waals surface area contributed by atoms with Crippen LogP contribution in [0.3, 0.4) is 0 Å². The molecule has 0 unspecified atom stereocenters. The van der Waals surface area contributed by atoms with E-state index in [1.165, 1.54) is 11.1 Å². The van der Waals surface area contributed by atoms with Crippen LogP contribution in [0.25, 0.3) is 0 Å². The van der Waals surface area contributed by atoms with Gasteiger partial charge in [-0.15, -0.1) is 0 Å². The third-order valence-electron chi connectivity index (χ3n) is 2.64. The summed E-state index contributed by atoms with van der Waals surface area (Å²) in [7, 11) is 2.06. The van der Waals surface area contributed by atoms with Crippen LogP contribution in [-0.4, -0.2) is 38.2 Å². The lowest BCUT2D eigenvalue weighted by atomic mass is 10.1. The summed E-state index contributed by atoms with van der Waals surface area (Å²) >= 11 is 0. The van der Waals surface area contributed by atoms with Gasteiger partial charge in [0.25, 0.3) is 0 Å². The SMILES string of the molecule is Cc1cccc(C)c1OCCN(C)CCN. The first kappa shape index (κ1) is 13.0. The lowest BCUT2D eigenvalue weighted by Gasteiger charge is -2.17. The molecule has 90 valence electrons. The molecule has 0 heterocycles. The van der Waals surface area contributed by atoms with Crippen LogP contribution in [0.4, 0.5) is 0 Å². The first-order chi connectivity index (χ1) is 7.65. The highest BCUT2D eigenvalue weighted by Crippen LogP contribution is 2.21. The molecule has 0 radical (unpaired) electrons. The van der Waals surface area contributed by atoms with E-state index in [1.54, 1.807) is 0 Å². The number of likely N-dealkylation sites (N-methyl/N-ethyl adjacent to an activating group) is 1. The Bertz CT molecular complexity index is 305. The second-order valence-corrected chi connectivity index (χ2v) is 4.16. The number of aryl methyl sites for hydroxylation is 2. The maximum Gasteiger partial charge on any atom is 0.125 e. The lowest BCUT2D eigenvalue weighted by molar-refractivity contribution is 0.239. The van der Waals surface area contributed by atoms with E-state index in [2.05, 4.69) is 44.0 Å². The molecular weight excluding hydrogens is 200 g/mol. The molecule has 0 aliphatic rings. The molecular formula is C13H22N2O. The van der Waals surface area contributed by atoms with Crippen LogP contribution < -0.4 is 10.5 Å². The molecule has 0 saturated heterocycles. The highest BCUT2D eigenvalue weighted by atomic mass is 16.5. The number of hydrogen-bond acceptors (Lipinski definition) is 3. The van der Waals surface area contributed by atoms with E-state index in [4.69, 9.17) is 10.5 Å². The highest BCUT2D eigenvalue weighted by molar-refractivity contribution is 5.39. The summed E-state index contributed by atoms with van der Waals surface area (Å²) in [5, 5.41) is 0. The number of nitrogens with two attached hydrogens (primary N) is 1. The zero-order chi connectivity index (χ0) is 12.0. The van der Waals surface area contributed by atoms with Crippen molar-refractivity contribution in [1.29, 1.82) is 0 Å². The van der Waals surface area contributed by atoms with Crippen LogP contribution in [-0.2, 0) is 0 Å². The van der Waals surface area contributed by atoms with Gasteiger partial charge in [0.1, 0.15) is 12.4 Å². The number of nitrogens with zero attached hydrogens (tertiary/aromatic N) is 1. The van der Waals surface area contributed by atoms with Crippen molar-refractivity contribution in [3.63, 3.8) is 0 Å². The van der Waals surface area contributed by atoms with Crippen molar-refractivity contribution in [3.8, 4) is 5.75 Å². The molecule has 0 bridgehead atoms. The third-order valence-corrected chi connectivity index (χ3v) is 2.64. The Morgan fingerprint density at radius 1 is 1.19 bits per heavy atom. The summed E-state index contributed by atoms with van der Waals surface area (Å²) in [6.45, 7) is 7.38. The van der Waals surface area contributed by atoms with Gasteiger partial charge in [0, 0.05) is 19.6 Å². The second-order valence-electron chi connectivity index (χ2n) is 4.16. The summed E-state index contributed by atoms with van der Waals surface area (Å²) in [5.74, 6) is 1.02. The molecule has 0 aliphatic heterocycles. The Labute approximate surface area is 98.2 Å². The summed E-state index contributed by atoms with van der Waals surface area (Å²) in [6, 6.07) is 6.20. The summed E-state index contributed by atoms with van der Waals surface area (Å²) in [4.78, 5) is 2.17. The minimum absolute atomic E-state index is 0.694. The van der Waals surface area contributed by atoms with E-state index in [0.29, 0.717) is 13.2 Å². The fourth-order valence-electron chi connectivity index (χ4n) is 1.66. The van der Waals surface area contributed by atoms with Crippen molar-refractivity contribution < 1.29 is 4.74 Å². The van der Waals surface area contributed by atoms with Gasteiger partial charge < -0.3 is 15.4 Å². The van der Waals surface area contributed by atoms with Crippen LogP contribution in [0.5, 0.6) is 5.75 Å². The molecule has 0 spiro atoms. The number of para-hydroxylation sites is 1. The van der Waals surface area contributed by atoms with Gasteiger partial charge in [0.15, 0.2) is 0 Å². The van der Waals surface area contributed by atoms with Gasteiger partial charge in [0.2, 0.25) is 0 Å². The predicted molar refractivity (Wildman–Crippen MR) is 68.0 cm³/mol. The maximum atomic E-state index is 5.80. The molecule has 0 amide bonds. The largest absolute Gasteiger partial charge is 0.492 e. The van der Waals surface area contributed by atoms with Gasteiger partial charge in [-0.2, -0.15) is 0 Å². The number of rotatable bonds is 6. The Balaban J connectivity index is 2.43. The normalized spacial score (nSPS) is 10.8. The van der Waals surface area contributed by atoms with Gasteiger partial charge in [-0.25, -0.2) is 0 Å². The minimum Gasteiger partial charge on any atom is -0.492 e. The van der Waals surface area contributed by atoms with Crippen LogP contribution in [0.15, 0.2) is 18.2 Å². The van der Waals surface area contributed by atoms with Crippen molar-refractivity contribution in [2.24, 2.45) is 5.73 Å². The monoisotopic (exact) mass is 222 g/mol. The van der Waals surface area contributed by atoms with Crippen molar-refractivity contribution in [2.75, 3.05) is 33.3 Å². The van der Waals surface area contributed by atoms with E-state index < -0.39 is 0 Å². The van der Waals surface area contributed by atoms with E-state index in [9.17, 15) is 0 Å². The summed E-state index contributed by atoms with van der Waals surface area (Å²) in [5.41, 5.74) is 7.87. The van der Waals surface area contributed by atoms with E-state index >= 15 is 0 Å². The first-order valence-electron chi connectivity index (χ1n) is 5.72. The average Bonchev–Trinajstić information content (AvgIpc) is 2.23. The maximum absolute atomic E-state index is 5.80. The fraction of sp³-hybridized carbons (Fsp3) is 0.538. The van der Waals surface area contributed by atoms with Crippen molar-refractivity contribution >= 4 is 0 Å². The average molecular weight is 222 g/mol. The molecule has 16 heavy (non-hydrogen) atoms. The molecule has 0 aromatic heterocycles. The number of benzene rings is 1. The first-order valence-corrected chi connectivity index (χ1v) is 5.72. The van der Waals surface area contributed by atoms with Gasteiger partial charge in [-0.1, -0.05) is 18.2 Å². The molecule has 2 N–H and O–H groups in total. The Hall–Kier alpha value is -1.06. The minimum atomic E-state index is 0.694. The van der Waals surface area contributed by atoms with Crippen molar-refractivity contribution in [1.82, 2.24) is 4.90 Å². The molecule has 0 aliphatic carbocycles. The Morgan fingerprint density at radius 2 is 1.81 bits per heavy atom. The standard InChI is InChI=1S/C13H22N2O/c1-11-5-4-6-12(2)13(11)16-10-9-15(3)8-7-14/h4-6H,7-10,14H2,1-3H3. The van der Waals surface area contributed by atoms with Gasteiger partial charge >= 0.3 is 0 Å². The molecule has 1 rings (SSSR count). The highest BCUT2D eigenvalue weighted by Gasteiger charge is 2.03. The smallest absolute Gasteiger partial charge is 0.125 e. The molecule has 3 heteroatoms. The Kier molecular flexibility index (Phi) is 5.29. The number of ether oxygens (including phenoxy) is 1. The molecule has 0 fully saturated rings. The fourth-order valence-corrected chi connectivity index (χ4v) is 1.66. The quantitative estimate of drug-likeness (QED) is 0.794. The molecule has 3 nitrogen and oxygen atoms in total. The van der Waals surface area contributed by atoms with Gasteiger partial charge in [-0.3, -0.25) is 0 Å². The predicted octanol–water partition coefficient (Wildman–Crippen LogP) is 1.57. The van der Waals surface area contributed by atoms with Crippen LogP contribution >= 0.6 is 0 Å². The summed E-state index contributed by atoms with van der Waals surface area (Å²) in [6.07, 6.45) is 0. The van der Waals surface area contributed by atoms with E-state index in [-0.39, 0.29) is 0 Å². The van der Waals surface area contributed by atoms with Gasteiger partial charge in [0.05, 0.1) is 0 Å². The molecule has 0 saturated carbocycles. The topological polar surface area (TPSA) is 38.5 Å². The molecule has 1 aromatic rings. The molecule has 0 atom stereocenters.